The first-order valence-corrected chi connectivity index (χ1v) is 6.62. The normalized spacial score (nSPS) is 40.4. The highest BCUT2D eigenvalue weighted by molar-refractivity contribution is 5.01. The van der Waals surface area contributed by atoms with E-state index in [-0.39, 0.29) is 0 Å². The quantitative estimate of drug-likeness (QED) is 0.756. The van der Waals surface area contributed by atoms with Crippen LogP contribution in [-0.2, 0) is 0 Å². The summed E-state index contributed by atoms with van der Waals surface area (Å²) < 4.78 is 0. The van der Waals surface area contributed by atoms with Gasteiger partial charge >= 0.3 is 0 Å². The predicted octanol–water partition coefficient (Wildman–Crippen LogP) is 3.47. The summed E-state index contributed by atoms with van der Waals surface area (Å²) in [6.07, 6.45) is 5.50. The van der Waals surface area contributed by atoms with Gasteiger partial charge in [-0.05, 0) is 69.1 Å². The van der Waals surface area contributed by atoms with Crippen LogP contribution >= 0.6 is 0 Å². The second-order valence-electron chi connectivity index (χ2n) is 6.81. The molecule has 0 aliphatic heterocycles. The first kappa shape index (κ1) is 11.4. The molecule has 2 saturated carbocycles. The first-order chi connectivity index (χ1) is 6.89. The lowest BCUT2D eigenvalue weighted by molar-refractivity contribution is -0.0385. The van der Waals surface area contributed by atoms with Gasteiger partial charge in [-0.3, -0.25) is 0 Å². The molecule has 0 heterocycles. The summed E-state index contributed by atoms with van der Waals surface area (Å²) in [5.74, 6) is 3.88. The van der Waals surface area contributed by atoms with Gasteiger partial charge in [-0.15, -0.1) is 0 Å². The number of aliphatic hydroxyl groups is 1. The van der Waals surface area contributed by atoms with Gasteiger partial charge in [-0.25, -0.2) is 0 Å². The Kier molecular flexibility index (Phi) is 2.87. The second-order valence-corrected chi connectivity index (χ2v) is 6.81. The Morgan fingerprint density at radius 2 is 1.80 bits per heavy atom. The van der Waals surface area contributed by atoms with Crippen molar-refractivity contribution in [3.8, 4) is 0 Å². The maximum atomic E-state index is 10.3. The Morgan fingerprint density at radius 1 is 1.20 bits per heavy atom. The third-order valence-corrected chi connectivity index (χ3v) is 4.65. The van der Waals surface area contributed by atoms with Gasteiger partial charge in [0.25, 0.3) is 0 Å². The fraction of sp³-hybridized carbons (Fsp3) is 1.00. The SMILES string of the molecule is CC(C)C[C@H]1[C@@H]2CC[C@@H](C2)[C@@H]1C(C)(C)O. The summed E-state index contributed by atoms with van der Waals surface area (Å²) >= 11 is 0. The van der Waals surface area contributed by atoms with E-state index in [1.807, 2.05) is 13.8 Å². The van der Waals surface area contributed by atoms with Crippen molar-refractivity contribution < 1.29 is 5.11 Å². The Hall–Kier alpha value is -0.0400. The molecule has 2 fully saturated rings. The molecule has 0 aromatic heterocycles. The molecule has 0 amide bonds. The van der Waals surface area contributed by atoms with Crippen molar-refractivity contribution in [1.29, 1.82) is 0 Å². The molecule has 0 unspecified atom stereocenters. The maximum Gasteiger partial charge on any atom is 0.0625 e. The molecule has 0 radical (unpaired) electrons. The molecular formula is C14H26O. The average Bonchev–Trinajstić information content (AvgIpc) is 2.59. The van der Waals surface area contributed by atoms with Crippen LogP contribution in [0.4, 0.5) is 0 Å². The first-order valence-electron chi connectivity index (χ1n) is 6.62. The highest BCUT2D eigenvalue weighted by Crippen LogP contribution is 2.57. The smallest absolute Gasteiger partial charge is 0.0625 e. The number of hydrogen-bond acceptors (Lipinski definition) is 1. The third kappa shape index (κ3) is 2.08. The summed E-state index contributed by atoms with van der Waals surface area (Å²) in [5, 5.41) is 10.3. The summed E-state index contributed by atoms with van der Waals surface area (Å²) in [6, 6.07) is 0. The summed E-state index contributed by atoms with van der Waals surface area (Å²) in [4.78, 5) is 0. The van der Waals surface area contributed by atoms with E-state index in [1.54, 1.807) is 0 Å². The van der Waals surface area contributed by atoms with E-state index < -0.39 is 5.60 Å². The molecule has 2 bridgehead atoms. The van der Waals surface area contributed by atoms with Gasteiger partial charge in [0.1, 0.15) is 0 Å². The van der Waals surface area contributed by atoms with Gasteiger partial charge in [-0.1, -0.05) is 13.8 Å². The van der Waals surface area contributed by atoms with E-state index in [1.165, 1.54) is 25.7 Å². The van der Waals surface area contributed by atoms with Crippen LogP contribution in [0.25, 0.3) is 0 Å². The Labute approximate surface area is 94.3 Å². The predicted molar refractivity (Wildman–Crippen MR) is 63.6 cm³/mol. The topological polar surface area (TPSA) is 20.2 Å². The lowest BCUT2D eigenvalue weighted by Gasteiger charge is -2.39. The van der Waals surface area contributed by atoms with E-state index >= 15 is 0 Å². The molecule has 1 heteroatoms. The molecule has 2 rings (SSSR count). The second kappa shape index (κ2) is 3.76. The molecule has 0 aromatic rings. The summed E-state index contributed by atoms with van der Waals surface area (Å²) in [6.45, 7) is 8.66. The third-order valence-electron chi connectivity index (χ3n) is 4.65. The zero-order chi connectivity index (χ0) is 11.2. The number of rotatable bonds is 3. The van der Waals surface area contributed by atoms with Crippen LogP contribution in [0.5, 0.6) is 0 Å². The molecule has 15 heavy (non-hydrogen) atoms. The van der Waals surface area contributed by atoms with E-state index in [0.29, 0.717) is 5.92 Å². The monoisotopic (exact) mass is 210 g/mol. The minimum absolute atomic E-state index is 0.459. The Morgan fingerprint density at radius 3 is 2.33 bits per heavy atom. The van der Waals surface area contributed by atoms with E-state index in [2.05, 4.69) is 13.8 Å². The van der Waals surface area contributed by atoms with Crippen LogP contribution < -0.4 is 0 Å². The minimum Gasteiger partial charge on any atom is -0.390 e. The van der Waals surface area contributed by atoms with Crippen LogP contribution in [0.1, 0.15) is 53.4 Å². The number of fused-ring (bicyclic) bond motifs is 2. The van der Waals surface area contributed by atoms with Crippen molar-refractivity contribution in [2.45, 2.75) is 59.0 Å². The average molecular weight is 210 g/mol. The van der Waals surface area contributed by atoms with Gasteiger partial charge in [0.2, 0.25) is 0 Å². The van der Waals surface area contributed by atoms with Gasteiger partial charge in [0.15, 0.2) is 0 Å². The van der Waals surface area contributed by atoms with Gasteiger partial charge in [0.05, 0.1) is 5.60 Å². The Balaban J connectivity index is 2.13. The standard InChI is InChI=1S/C14H26O/c1-9(2)7-12-10-5-6-11(8-10)13(12)14(3,4)15/h9-13,15H,5-8H2,1-4H3/t10-,11+,12+,13+/m1/s1. The van der Waals surface area contributed by atoms with Crippen molar-refractivity contribution in [2.24, 2.45) is 29.6 Å². The van der Waals surface area contributed by atoms with Crippen molar-refractivity contribution in [2.75, 3.05) is 0 Å². The molecule has 1 N–H and O–H groups in total. The molecule has 0 aromatic carbocycles. The highest BCUT2D eigenvalue weighted by atomic mass is 16.3. The Bertz CT molecular complexity index is 226. The van der Waals surface area contributed by atoms with Gasteiger partial charge < -0.3 is 5.11 Å². The molecule has 0 saturated heterocycles. The zero-order valence-electron chi connectivity index (χ0n) is 10.7. The lowest BCUT2D eigenvalue weighted by Crippen LogP contribution is -2.40. The summed E-state index contributed by atoms with van der Waals surface area (Å²) in [7, 11) is 0. The van der Waals surface area contributed by atoms with Crippen LogP contribution in [0.15, 0.2) is 0 Å². The molecule has 2 aliphatic carbocycles. The fourth-order valence-electron chi connectivity index (χ4n) is 4.39. The highest BCUT2D eigenvalue weighted by Gasteiger charge is 2.52. The molecule has 0 spiro atoms. The van der Waals surface area contributed by atoms with Crippen molar-refractivity contribution in [3.63, 3.8) is 0 Å². The largest absolute Gasteiger partial charge is 0.390 e. The molecular weight excluding hydrogens is 184 g/mol. The minimum atomic E-state index is -0.459. The lowest BCUT2D eigenvalue weighted by atomic mass is 9.69. The van der Waals surface area contributed by atoms with E-state index in [9.17, 15) is 5.11 Å². The van der Waals surface area contributed by atoms with Crippen molar-refractivity contribution >= 4 is 0 Å². The van der Waals surface area contributed by atoms with Crippen LogP contribution in [0.3, 0.4) is 0 Å². The molecule has 2 aliphatic rings. The summed E-state index contributed by atoms with van der Waals surface area (Å²) in [5.41, 5.74) is -0.459. The molecule has 1 nitrogen and oxygen atoms in total. The van der Waals surface area contributed by atoms with E-state index in [4.69, 9.17) is 0 Å². The molecule has 88 valence electrons. The fourth-order valence-corrected chi connectivity index (χ4v) is 4.39. The molecule has 4 atom stereocenters. The maximum absolute atomic E-state index is 10.3. The van der Waals surface area contributed by atoms with Gasteiger partial charge in [-0.2, -0.15) is 0 Å². The van der Waals surface area contributed by atoms with Gasteiger partial charge in [0, 0.05) is 0 Å². The van der Waals surface area contributed by atoms with Crippen molar-refractivity contribution in [1.82, 2.24) is 0 Å². The van der Waals surface area contributed by atoms with Crippen LogP contribution in [0, 0.1) is 29.6 Å². The number of hydrogen-bond donors (Lipinski definition) is 1. The zero-order valence-corrected chi connectivity index (χ0v) is 10.7. The van der Waals surface area contributed by atoms with Crippen molar-refractivity contribution in [3.05, 3.63) is 0 Å². The van der Waals surface area contributed by atoms with Crippen LogP contribution in [-0.4, -0.2) is 10.7 Å². The van der Waals surface area contributed by atoms with Crippen LogP contribution in [0.2, 0.25) is 0 Å². The van der Waals surface area contributed by atoms with E-state index in [0.717, 1.165) is 23.7 Å².